The Labute approximate surface area is 99.6 Å². The van der Waals surface area contributed by atoms with E-state index in [4.69, 9.17) is 4.74 Å². The molecule has 2 aromatic rings. The molecule has 0 saturated carbocycles. The number of ether oxygens (including phenoxy) is 2. The number of methoxy groups -OCH3 is 1. The Morgan fingerprint density at radius 2 is 1.94 bits per heavy atom. The van der Waals surface area contributed by atoms with Gasteiger partial charge in [-0.1, -0.05) is 0 Å². The van der Waals surface area contributed by atoms with Crippen molar-refractivity contribution in [2.75, 3.05) is 7.11 Å². The molecule has 0 aliphatic carbocycles. The number of aromatic nitrogens is 1. The Kier molecular flexibility index (Phi) is 2.90. The zero-order chi connectivity index (χ0) is 13.3. The lowest BCUT2D eigenvalue weighted by Gasteiger charge is -2.13. The third-order valence-corrected chi connectivity index (χ3v) is 2.23. The molecule has 0 bridgehead atoms. The molecule has 1 N–H and O–H groups in total. The van der Waals surface area contributed by atoms with E-state index in [9.17, 15) is 18.3 Å². The highest BCUT2D eigenvalue weighted by Crippen LogP contribution is 2.37. The Bertz CT molecular complexity index is 583. The normalized spacial score (nSPS) is 11.6. The van der Waals surface area contributed by atoms with Gasteiger partial charge < -0.3 is 14.6 Å². The van der Waals surface area contributed by atoms with E-state index < -0.39 is 12.1 Å². The SMILES string of the molecule is COc1cc2nccc(O)c2cc1OC(F)(F)F. The first kappa shape index (κ1) is 12.3. The molecule has 0 aliphatic heterocycles. The van der Waals surface area contributed by atoms with E-state index in [0.717, 1.165) is 6.07 Å². The van der Waals surface area contributed by atoms with Crippen LogP contribution in [0, 0.1) is 0 Å². The molecule has 0 spiro atoms. The molecule has 4 nitrogen and oxygen atoms in total. The van der Waals surface area contributed by atoms with Gasteiger partial charge in [0.15, 0.2) is 11.5 Å². The molecule has 1 heterocycles. The lowest BCUT2D eigenvalue weighted by atomic mass is 10.2. The van der Waals surface area contributed by atoms with Crippen LogP contribution in [0.25, 0.3) is 10.9 Å². The van der Waals surface area contributed by atoms with E-state index in [0.29, 0.717) is 5.52 Å². The van der Waals surface area contributed by atoms with Crippen LogP contribution in [0.5, 0.6) is 17.2 Å². The molecule has 0 atom stereocenters. The summed E-state index contributed by atoms with van der Waals surface area (Å²) in [5.41, 5.74) is 0.307. The van der Waals surface area contributed by atoms with E-state index >= 15 is 0 Å². The molecule has 18 heavy (non-hydrogen) atoms. The lowest BCUT2D eigenvalue weighted by Crippen LogP contribution is -2.17. The van der Waals surface area contributed by atoms with Crippen LogP contribution in [-0.4, -0.2) is 23.6 Å². The summed E-state index contributed by atoms with van der Waals surface area (Å²) in [6.07, 6.45) is -3.50. The van der Waals surface area contributed by atoms with Gasteiger partial charge in [-0.15, -0.1) is 13.2 Å². The van der Waals surface area contributed by atoms with Crippen LogP contribution in [0.3, 0.4) is 0 Å². The van der Waals surface area contributed by atoms with Gasteiger partial charge in [0.05, 0.1) is 12.6 Å². The summed E-state index contributed by atoms with van der Waals surface area (Å²) >= 11 is 0. The minimum atomic E-state index is -4.83. The average Bonchev–Trinajstić information content (AvgIpc) is 2.27. The number of alkyl halides is 3. The summed E-state index contributed by atoms with van der Waals surface area (Å²) in [6.45, 7) is 0. The Hall–Kier alpha value is -2.18. The smallest absolute Gasteiger partial charge is 0.507 e. The highest BCUT2D eigenvalue weighted by molar-refractivity contribution is 5.87. The quantitative estimate of drug-likeness (QED) is 0.900. The van der Waals surface area contributed by atoms with Gasteiger partial charge in [0, 0.05) is 17.6 Å². The van der Waals surface area contributed by atoms with Crippen molar-refractivity contribution in [1.82, 2.24) is 4.98 Å². The van der Waals surface area contributed by atoms with Gasteiger partial charge in [0.25, 0.3) is 0 Å². The zero-order valence-corrected chi connectivity index (χ0v) is 9.15. The monoisotopic (exact) mass is 259 g/mol. The second kappa shape index (κ2) is 4.25. The van der Waals surface area contributed by atoms with Crippen LogP contribution in [0.4, 0.5) is 13.2 Å². The van der Waals surface area contributed by atoms with Crippen LogP contribution in [-0.2, 0) is 0 Å². The average molecular weight is 259 g/mol. The first-order chi connectivity index (χ1) is 8.40. The molecule has 2 rings (SSSR count). The molecule has 0 unspecified atom stereocenters. The van der Waals surface area contributed by atoms with Crippen LogP contribution >= 0.6 is 0 Å². The molecule has 0 aliphatic rings. The second-order valence-corrected chi connectivity index (χ2v) is 3.40. The summed E-state index contributed by atoms with van der Waals surface area (Å²) in [7, 11) is 1.22. The summed E-state index contributed by atoms with van der Waals surface area (Å²) in [6, 6.07) is 3.56. The second-order valence-electron chi connectivity index (χ2n) is 3.40. The molecule has 1 aromatic heterocycles. The maximum Gasteiger partial charge on any atom is 0.573 e. The van der Waals surface area contributed by atoms with E-state index in [1.54, 1.807) is 0 Å². The lowest BCUT2D eigenvalue weighted by molar-refractivity contribution is -0.275. The van der Waals surface area contributed by atoms with Gasteiger partial charge in [-0.3, -0.25) is 4.98 Å². The van der Waals surface area contributed by atoms with E-state index in [2.05, 4.69) is 9.72 Å². The van der Waals surface area contributed by atoms with Crippen LogP contribution in [0.15, 0.2) is 24.4 Å². The van der Waals surface area contributed by atoms with E-state index in [1.165, 1.54) is 25.4 Å². The van der Waals surface area contributed by atoms with Crippen molar-refractivity contribution in [2.45, 2.75) is 6.36 Å². The Morgan fingerprint density at radius 3 is 2.56 bits per heavy atom. The fraction of sp³-hybridized carbons (Fsp3) is 0.182. The van der Waals surface area contributed by atoms with Crippen molar-refractivity contribution in [2.24, 2.45) is 0 Å². The molecule has 0 fully saturated rings. The molecular weight excluding hydrogens is 251 g/mol. The van der Waals surface area contributed by atoms with Crippen LogP contribution < -0.4 is 9.47 Å². The number of fused-ring (bicyclic) bond motifs is 1. The van der Waals surface area contributed by atoms with Crippen molar-refractivity contribution >= 4 is 10.9 Å². The van der Waals surface area contributed by atoms with Gasteiger partial charge in [0.1, 0.15) is 5.75 Å². The number of pyridine rings is 1. The van der Waals surface area contributed by atoms with Crippen LogP contribution in [0.2, 0.25) is 0 Å². The number of rotatable bonds is 2. The van der Waals surface area contributed by atoms with Gasteiger partial charge in [-0.05, 0) is 12.1 Å². The predicted octanol–water partition coefficient (Wildman–Crippen LogP) is 2.85. The summed E-state index contributed by atoms with van der Waals surface area (Å²) in [4.78, 5) is 3.91. The first-order valence-electron chi connectivity index (χ1n) is 4.82. The van der Waals surface area contributed by atoms with Crippen molar-refractivity contribution in [1.29, 1.82) is 0 Å². The minimum Gasteiger partial charge on any atom is -0.507 e. The molecular formula is C11H8F3NO3. The third-order valence-electron chi connectivity index (χ3n) is 2.23. The number of hydrogen-bond donors (Lipinski definition) is 1. The number of benzene rings is 1. The summed E-state index contributed by atoms with van der Waals surface area (Å²) in [5, 5.41) is 9.69. The van der Waals surface area contributed by atoms with Gasteiger partial charge in [0.2, 0.25) is 0 Å². The minimum absolute atomic E-state index is 0.113. The van der Waals surface area contributed by atoms with Crippen molar-refractivity contribution in [3.63, 3.8) is 0 Å². The largest absolute Gasteiger partial charge is 0.573 e. The highest BCUT2D eigenvalue weighted by atomic mass is 19.4. The fourth-order valence-electron chi connectivity index (χ4n) is 1.50. The van der Waals surface area contributed by atoms with Gasteiger partial charge in [-0.25, -0.2) is 0 Å². The molecule has 1 aromatic carbocycles. The molecule has 96 valence electrons. The maximum absolute atomic E-state index is 12.2. The Balaban J connectivity index is 2.60. The highest BCUT2D eigenvalue weighted by Gasteiger charge is 2.32. The third kappa shape index (κ3) is 2.39. The molecule has 7 heteroatoms. The first-order valence-corrected chi connectivity index (χ1v) is 4.82. The number of halogens is 3. The Morgan fingerprint density at radius 1 is 1.22 bits per heavy atom. The maximum atomic E-state index is 12.2. The van der Waals surface area contributed by atoms with Gasteiger partial charge in [-0.2, -0.15) is 0 Å². The van der Waals surface area contributed by atoms with E-state index in [1.807, 2.05) is 0 Å². The molecule has 0 amide bonds. The number of hydrogen-bond acceptors (Lipinski definition) is 4. The molecule has 0 saturated heterocycles. The van der Waals surface area contributed by atoms with Crippen molar-refractivity contribution in [3.05, 3.63) is 24.4 Å². The van der Waals surface area contributed by atoms with Crippen molar-refractivity contribution < 1.29 is 27.8 Å². The zero-order valence-electron chi connectivity index (χ0n) is 9.15. The topological polar surface area (TPSA) is 51.6 Å². The number of nitrogens with zero attached hydrogens (tertiary/aromatic N) is 1. The van der Waals surface area contributed by atoms with Gasteiger partial charge >= 0.3 is 6.36 Å². The van der Waals surface area contributed by atoms with E-state index in [-0.39, 0.29) is 16.9 Å². The number of aromatic hydroxyl groups is 1. The fourth-order valence-corrected chi connectivity index (χ4v) is 1.50. The molecule has 0 radical (unpaired) electrons. The van der Waals surface area contributed by atoms with Crippen molar-refractivity contribution in [3.8, 4) is 17.2 Å². The summed E-state index contributed by atoms with van der Waals surface area (Å²) in [5.74, 6) is -0.826. The standard InChI is InChI=1S/C11H8F3NO3/c1-17-9-5-7-6(8(16)2-3-15-7)4-10(9)18-11(12,13)14/h2-5H,1H3,(H,15,16). The van der Waals surface area contributed by atoms with Crippen LogP contribution in [0.1, 0.15) is 0 Å². The summed E-state index contributed by atoms with van der Waals surface area (Å²) < 4.78 is 45.2. The predicted molar refractivity (Wildman–Crippen MR) is 56.6 cm³/mol.